The van der Waals surface area contributed by atoms with Crippen molar-refractivity contribution in [3.63, 3.8) is 0 Å². The Balaban J connectivity index is 1.34. The van der Waals surface area contributed by atoms with Crippen molar-refractivity contribution in [1.29, 1.82) is 0 Å². The Morgan fingerprint density at radius 2 is 2.02 bits per heavy atom. The molecule has 0 spiro atoms. The van der Waals surface area contributed by atoms with E-state index in [1.807, 2.05) is 4.90 Å². The first-order chi connectivity index (χ1) is 23.1. The monoisotopic (exact) mass is 675 g/mol. The molecule has 0 aliphatic carbocycles. The average molecular weight is 676 g/mol. The highest BCUT2D eigenvalue weighted by Gasteiger charge is 2.48. The van der Waals surface area contributed by atoms with Crippen LogP contribution >= 0.6 is 11.6 Å². The van der Waals surface area contributed by atoms with E-state index in [1.165, 1.54) is 17.2 Å². The molecule has 1 unspecified atom stereocenters. The van der Waals surface area contributed by atoms with E-state index in [0.717, 1.165) is 32.4 Å². The van der Waals surface area contributed by atoms with Gasteiger partial charge in [0.1, 0.15) is 35.5 Å². The van der Waals surface area contributed by atoms with Crippen LogP contribution in [0, 0.1) is 24.1 Å². The first kappa shape index (κ1) is 32.1. The summed E-state index contributed by atoms with van der Waals surface area (Å²) in [7, 11) is 0. The van der Waals surface area contributed by atoms with Gasteiger partial charge in [0, 0.05) is 43.3 Å². The van der Waals surface area contributed by atoms with Crippen molar-refractivity contribution in [3.05, 3.63) is 77.0 Å². The highest BCUT2D eigenvalue weighted by atomic mass is 35.5. The highest BCUT2D eigenvalue weighted by molar-refractivity contribution is 6.36. The third-order valence-electron chi connectivity index (χ3n) is 9.88. The van der Waals surface area contributed by atoms with Crippen LogP contribution in [0.15, 0.2) is 48.9 Å². The minimum absolute atomic E-state index is 0.0197. The molecule has 7 rings (SSSR count). The van der Waals surface area contributed by atoms with Gasteiger partial charge in [-0.1, -0.05) is 49.4 Å². The fourth-order valence-corrected chi connectivity index (χ4v) is 8.05. The predicted molar refractivity (Wildman–Crippen MR) is 177 cm³/mol. The number of pyridine rings is 1. The molecule has 0 N–H and O–H groups in total. The molecule has 2 aromatic heterocycles. The Kier molecular flexibility index (Phi) is 8.37. The summed E-state index contributed by atoms with van der Waals surface area (Å²) in [5, 5.41) is 1.08. The van der Waals surface area contributed by atoms with Crippen LogP contribution in [0.1, 0.15) is 26.2 Å². The lowest BCUT2D eigenvalue weighted by Crippen LogP contribution is -2.56. The zero-order chi connectivity index (χ0) is 33.7. The number of benzene rings is 2. The van der Waals surface area contributed by atoms with Crippen molar-refractivity contribution in [2.24, 2.45) is 5.92 Å². The van der Waals surface area contributed by atoms with Crippen molar-refractivity contribution in [3.8, 4) is 17.3 Å². The lowest BCUT2D eigenvalue weighted by atomic mass is 9.92. The van der Waals surface area contributed by atoms with E-state index in [2.05, 4.69) is 33.2 Å². The van der Waals surface area contributed by atoms with Gasteiger partial charge in [0.05, 0.1) is 15.9 Å². The SMILES string of the molecule is [C-]#[N+]C[C@H]1CN(c2nc(OCC34CCCN3C[C@H](C)C4)nc3c(F)c(-c4cccc5ccc(F)c(Cl)c45)ncc23)CCN1C(=O)C(=C)F. The maximum absolute atomic E-state index is 16.8. The van der Waals surface area contributed by atoms with Crippen molar-refractivity contribution in [2.45, 2.75) is 37.8 Å². The quantitative estimate of drug-likeness (QED) is 0.165. The van der Waals surface area contributed by atoms with Crippen LogP contribution < -0.4 is 9.64 Å². The van der Waals surface area contributed by atoms with Gasteiger partial charge in [0.25, 0.3) is 5.91 Å². The van der Waals surface area contributed by atoms with E-state index in [9.17, 15) is 13.6 Å². The summed E-state index contributed by atoms with van der Waals surface area (Å²) in [4.78, 5) is 35.4. The Morgan fingerprint density at radius 1 is 1.19 bits per heavy atom. The molecule has 48 heavy (non-hydrogen) atoms. The molecule has 9 nitrogen and oxygen atoms in total. The third-order valence-corrected chi connectivity index (χ3v) is 10.3. The standard InChI is InChI=1S/C35H33ClF3N7O2/c1-20-14-35(10-5-11-45(35)17-20)19-48-34-42-31-25(32(43-34)44-12-13-46(33(47)21(2)37)23(18-44)15-40-3)16-41-30(29(31)39)24-7-4-6-22-8-9-26(38)28(36)27(22)24/h4,6-9,16,20,23H,2,5,10-15,17-19H2,1H3/t20-,23+,35?/m1/s1. The van der Waals surface area contributed by atoms with Gasteiger partial charge in [0.2, 0.25) is 6.54 Å². The summed E-state index contributed by atoms with van der Waals surface area (Å²) in [6.07, 6.45) is 4.48. The molecule has 3 aliphatic rings. The van der Waals surface area contributed by atoms with Crippen LogP contribution in [-0.2, 0) is 4.79 Å². The van der Waals surface area contributed by atoms with Crippen molar-refractivity contribution in [1.82, 2.24) is 24.8 Å². The second-order valence-electron chi connectivity index (χ2n) is 13.0. The molecule has 0 saturated carbocycles. The molecule has 3 fully saturated rings. The normalized spacial score (nSPS) is 22.7. The summed E-state index contributed by atoms with van der Waals surface area (Å²) in [6.45, 7) is 15.5. The number of anilines is 1. The smallest absolute Gasteiger partial charge is 0.319 e. The molecule has 0 radical (unpaired) electrons. The third kappa shape index (κ3) is 5.48. The highest BCUT2D eigenvalue weighted by Crippen LogP contribution is 2.42. The molecule has 3 saturated heterocycles. The van der Waals surface area contributed by atoms with Gasteiger partial charge >= 0.3 is 6.01 Å². The Labute approximate surface area is 280 Å². The second kappa shape index (κ2) is 12.5. The topological polar surface area (TPSA) is 79.1 Å². The number of carbonyl (C=O) groups is 1. The number of nitrogens with zero attached hydrogens (tertiary/aromatic N) is 7. The lowest BCUT2D eigenvalue weighted by Gasteiger charge is -2.39. The summed E-state index contributed by atoms with van der Waals surface area (Å²) >= 11 is 6.39. The Morgan fingerprint density at radius 3 is 2.81 bits per heavy atom. The van der Waals surface area contributed by atoms with Gasteiger partial charge in [-0.05, 0) is 43.2 Å². The molecular formula is C35H33ClF3N7O2. The minimum Gasteiger partial charge on any atom is -0.461 e. The van der Waals surface area contributed by atoms with E-state index >= 15 is 4.39 Å². The molecule has 3 aliphatic heterocycles. The van der Waals surface area contributed by atoms with Gasteiger partial charge < -0.3 is 19.4 Å². The lowest BCUT2D eigenvalue weighted by molar-refractivity contribution is -0.131. The van der Waals surface area contributed by atoms with Crippen molar-refractivity contribution < 1.29 is 22.7 Å². The molecule has 0 bridgehead atoms. The van der Waals surface area contributed by atoms with Crippen molar-refractivity contribution >= 4 is 45.0 Å². The minimum atomic E-state index is -1.10. The molecule has 2 aromatic carbocycles. The molecule has 1 amide bonds. The van der Waals surface area contributed by atoms with E-state index in [0.29, 0.717) is 34.7 Å². The number of halogens is 4. The van der Waals surface area contributed by atoms with E-state index in [-0.39, 0.29) is 59.3 Å². The molecule has 248 valence electrons. The zero-order valence-electron chi connectivity index (χ0n) is 26.4. The maximum Gasteiger partial charge on any atom is 0.319 e. The summed E-state index contributed by atoms with van der Waals surface area (Å²) in [5.41, 5.74) is 0.0345. The van der Waals surface area contributed by atoms with Gasteiger partial charge in [-0.15, -0.1) is 0 Å². The van der Waals surface area contributed by atoms with Crippen LogP contribution in [0.4, 0.5) is 19.0 Å². The predicted octanol–water partition coefficient (Wildman–Crippen LogP) is 6.45. The van der Waals surface area contributed by atoms with E-state index < -0.39 is 29.4 Å². The first-order valence-electron chi connectivity index (χ1n) is 15.9. The summed E-state index contributed by atoms with van der Waals surface area (Å²) in [6, 6.07) is 7.25. The van der Waals surface area contributed by atoms with Gasteiger partial charge in [-0.3, -0.25) is 14.7 Å². The number of fused-ring (bicyclic) bond motifs is 3. The van der Waals surface area contributed by atoms with Crippen LogP contribution in [0.5, 0.6) is 6.01 Å². The summed E-state index contributed by atoms with van der Waals surface area (Å²) < 4.78 is 51.6. The number of hydrogen-bond donors (Lipinski definition) is 0. The molecule has 13 heteroatoms. The van der Waals surface area contributed by atoms with Crippen LogP contribution in [0.3, 0.4) is 0 Å². The van der Waals surface area contributed by atoms with E-state index in [4.69, 9.17) is 27.9 Å². The van der Waals surface area contributed by atoms with Gasteiger partial charge in [-0.25, -0.2) is 19.7 Å². The molecular weight excluding hydrogens is 643 g/mol. The zero-order valence-corrected chi connectivity index (χ0v) is 27.1. The van der Waals surface area contributed by atoms with Gasteiger partial charge in [-0.2, -0.15) is 9.97 Å². The fraction of sp³-hybridized carbons (Fsp3) is 0.400. The number of amides is 1. The first-order valence-corrected chi connectivity index (χ1v) is 16.3. The maximum atomic E-state index is 16.8. The van der Waals surface area contributed by atoms with E-state index in [1.54, 1.807) is 24.3 Å². The number of aromatic nitrogens is 3. The summed E-state index contributed by atoms with van der Waals surface area (Å²) in [5.74, 6) is -2.53. The largest absolute Gasteiger partial charge is 0.461 e. The average Bonchev–Trinajstić information content (AvgIpc) is 3.60. The Hall–Kier alpha value is -4.47. The fourth-order valence-electron chi connectivity index (χ4n) is 7.78. The number of carbonyl (C=O) groups excluding carboxylic acids is 1. The number of hydrogen-bond acceptors (Lipinski definition) is 7. The van der Waals surface area contributed by atoms with Gasteiger partial charge in [0.15, 0.2) is 11.6 Å². The second-order valence-corrected chi connectivity index (χ2v) is 13.4. The molecule has 5 heterocycles. The number of ether oxygens (including phenoxy) is 1. The molecule has 4 aromatic rings. The van der Waals surface area contributed by atoms with Crippen LogP contribution in [-0.4, -0.2) is 88.1 Å². The van der Waals surface area contributed by atoms with Crippen LogP contribution in [0.2, 0.25) is 5.02 Å². The van der Waals surface area contributed by atoms with Crippen LogP contribution in [0.25, 0.3) is 37.8 Å². The van der Waals surface area contributed by atoms with Crippen molar-refractivity contribution in [2.75, 3.05) is 50.8 Å². The number of piperazine rings is 1. The Bertz CT molecular complexity index is 2010. The number of rotatable bonds is 7. The molecule has 3 atom stereocenters.